The van der Waals surface area contributed by atoms with Crippen molar-refractivity contribution in [3.8, 4) is 6.07 Å². The molecule has 1 aliphatic rings. The Morgan fingerprint density at radius 3 is 2.56 bits per heavy atom. The lowest BCUT2D eigenvalue weighted by molar-refractivity contribution is -0.166. The summed E-state index contributed by atoms with van der Waals surface area (Å²) < 4.78 is 42.2. The second kappa shape index (κ2) is 6.05. The first-order valence-electron chi connectivity index (χ1n) is 5.74. The molecule has 0 heterocycles. The van der Waals surface area contributed by atoms with E-state index >= 15 is 0 Å². The van der Waals surface area contributed by atoms with Gasteiger partial charge in [-0.15, -0.1) is 0 Å². The van der Waals surface area contributed by atoms with Gasteiger partial charge in [0, 0.05) is 12.6 Å². The van der Waals surface area contributed by atoms with Crippen LogP contribution < -0.4 is 0 Å². The van der Waals surface area contributed by atoms with Gasteiger partial charge >= 0.3 is 12.1 Å². The highest BCUT2D eigenvalue weighted by Gasteiger charge is 2.43. The molecule has 1 unspecified atom stereocenters. The Morgan fingerprint density at radius 1 is 1.56 bits per heavy atom. The molecule has 18 heavy (non-hydrogen) atoms. The molecule has 1 saturated carbocycles. The zero-order chi connectivity index (χ0) is 13.8. The summed E-state index contributed by atoms with van der Waals surface area (Å²) >= 11 is 0. The second-order valence-corrected chi connectivity index (χ2v) is 4.19. The smallest absolute Gasteiger partial charge is 0.405 e. The maximum Gasteiger partial charge on any atom is 0.405 e. The molecule has 1 aliphatic carbocycles. The van der Waals surface area contributed by atoms with Crippen LogP contribution in [0.2, 0.25) is 0 Å². The van der Waals surface area contributed by atoms with Crippen molar-refractivity contribution in [3.05, 3.63) is 0 Å². The minimum atomic E-state index is -4.56. The van der Waals surface area contributed by atoms with Crippen molar-refractivity contribution in [1.82, 2.24) is 4.90 Å². The summed E-state index contributed by atoms with van der Waals surface area (Å²) in [6, 6.07) is 1.21. The van der Waals surface area contributed by atoms with Crippen molar-refractivity contribution in [2.75, 3.05) is 19.7 Å². The van der Waals surface area contributed by atoms with E-state index in [1.807, 2.05) is 0 Å². The molecule has 0 aromatic carbocycles. The van der Waals surface area contributed by atoms with Crippen molar-refractivity contribution in [2.45, 2.75) is 32.0 Å². The average molecular weight is 264 g/mol. The maximum atomic E-state index is 12.5. The highest BCUT2D eigenvalue weighted by atomic mass is 19.4. The largest absolute Gasteiger partial charge is 0.465 e. The SMILES string of the molecule is CCOC(=O)CN(CC(C#N)C(F)(F)F)C1CC1. The molecule has 4 nitrogen and oxygen atoms in total. The summed E-state index contributed by atoms with van der Waals surface area (Å²) in [6.45, 7) is 1.17. The molecule has 0 spiro atoms. The van der Waals surface area contributed by atoms with Gasteiger partial charge < -0.3 is 4.74 Å². The lowest BCUT2D eigenvalue weighted by Gasteiger charge is -2.24. The normalized spacial score (nSPS) is 17.3. The summed E-state index contributed by atoms with van der Waals surface area (Å²) in [5, 5.41) is 8.54. The van der Waals surface area contributed by atoms with Crippen molar-refractivity contribution < 1.29 is 22.7 Å². The number of nitriles is 1. The van der Waals surface area contributed by atoms with Crippen LogP contribution in [0.4, 0.5) is 13.2 Å². The third-order valence-corrected chi connectivity index (χ3v) is 2.67. The molecule has 0 aromatic rings. The lowest BCUT2D eigenvalue weighted by Crippen LogP contribution is -2.40. The van der Waals surface area contributed by atoms with Gasteiger partial charge in [-0.3, -0.25) is 9.69 Å². The maximum absolute atomic E-state index is 12.5. The van der Waals surface area contributed by atoms with Crippen LogP contribution in [-0.2, 0) is 9.53 Å². The third-order valence-electron chi connectivity index (χ3n) is 2.67. The van der Waals surface area contributed by atoms with Gasteiger partial charge in [-0.05, 0) is 19.8 Å². The minimum Gasteiger partial charge on any atom is -0.465 e. The van der Waals surface area contributed by atoms with Gasteiger partial charge in [0.1, 0.15) is 0 Å². The standard InChI is InChI=1S/C11H15F3N2O2/c1-2-18-10(17)7-16(9-3-4-9)6-8(5-15)11(12,13)14/h8-9H,2-4,6-7H2,1H3. The Bertz CT molecular complexity index is 334. The molecular formula is C11H15F3N2O2. The van der Waals surface area contributed by atoms with Gasteiger partial charge in [0.25, 0.3) is 0 Å². The summed E-state index contributed by atoms with van der Waals surface area (Å²) in [6.07, 6.45) is -3.04. The van der Waals surface area contributed by atoms with Crippen molar-refractivity contribution in [2.24, 2.45) is 5.92 Å². The molecule has 0 aliphatic heterocycles. The van der Waals surface area contributed by atoms with E-state index in [1.165, 1.54) is 11.0 Å². The van der Waals surface area contributed by atoms with E-state index in [-0.39, 0.29) is 19.2 Å². The Morgan fingerprint density at radius 2 is 2.17 bits per heavy atom. The van der Waals surface area contributed by atoms with Crippen LogP contribution in [0.5, 0.6) is 0 Å². The van der Waals surface area contributed by atoms with Crippen LogP contribution in [0, 0.1) is 17.2 Å². The number of hydrogen-bond acceptors (Lipinski definition) is 4. The molecule has 102 valence electrons. The Labute approximate surface area is 103 Å². The zero-order valence-electron chi connectivity index (χ0n) is 10.0. The van der Waals surface area contributed by atoms with Crippen LogP contribution in [0.3, 0.4) is 0 Å². The molecule has 0 saturated heterocycles. The van der Waals surface area contributed by atoms with Gasteiger partial charge in [0.15, 0.2) is 5.92 Å². The number of alkyl halides is 3. The van der Waals surface area contributed by atoms with E-state index in [0.717, 1.165) is 12.8 Å². The van der Waals surface area contributed by atoms with E-state index in [4.69, 9.17) is 10.00 Å². The topological polar surface area (TPSA) is 53.3 Å². The van der Waals surface area contributed by atoms with E-state index in [9.17, 15) is 18.0 Å². The Hall–Kier alpha value is -1.29. The summed E-state index contributed by atoms with van der Waals surface area (Å²) in [4.78, 5) is 12.7. The summed E-state index contributed by atoms with van der Waals surface area (Å²) in [5.74, 6) is -2.62. The fraction of sp³-hybridized carbons (Fsp3) is 0.818. The number of hydrogen-bond donors (Lipinski definition) is 0. The third kappa shape index (κ3) is 4.53. The number of carbonyl (C=O) groups is 1. The molecule has 1 atom stereocenters. The molecule has 7 heteroatoms. The monoisotopic (exact) mass is 264 g/mol. The predicted octanol–water partition coefficient (Wildman–Crippen LogP) is 1.72. The fourth-order valence-electron chi connectivity index (χ4n) is 1.61. The van der Waals surface area contributed by atoms with Gasteiger partial charge in [-0.2, -0.15) is 18.4 Å². The van der Waals surface area contributed by atoms with Gasteiger partial charge in [-0.1, -0.05) is 0 Å². The number of nitrogens with zero attached hydrogens (tertiary/aromatic N) is 2. The van der Waals surface area contributed by atoms with E-state index < -0.39 is 24.6 Å². The molecule has 0 aromatic heterocycles. The van der Waals surface area contributed by atoms with Crippen molar-refractivity contribution in [3.63, 3.8) is 0 Å². The molecule has 1 fully saturated rings. The molecule has 0 bridgehead atoms. The van der Waals surface area contributed by atoms with Crippen LogP contribution >= 0.6 is 0 Å². The molecular weight excluding hydrogens is 249 g/mol. The first-order valence-corrected chi connectivity index (χ1v) is 5.74. The Kier molecular flexibility index (Phi) is 4.96. The lowest BCUT2D eigenvalue weighted by atomic mass is 10.1. The van der Waals surface area contributed by atoms with E-state index in [0.29, 0.717) is 0 Å². The van der Waals surface area contributed by atoms with Crippen LogP contribution in [0.25, 0.3) is 0 Å². The summed E-state index contributed by atoms with van der Waals surface area (Å²) in [5.41, 5.74) is 0. The number of rotatable bonds is 6. The minimum absolute atomic E-state index is 0.0346. The van der Waals surface area contributed by atoms with E-state index in [2.05, 4.69) is 0 Å². The predicted molar refractivity (Wildman–Crippen MR) is 56.4 cm³/mol. The van der Waals surface area contributed by atoms with Crippen LogP contribution in [0.1, 0.15) is 19.8 Å². The number of ether oxygens (including phenoxy) is 1. The molecule has 0 radical (unpaired) electrons. The van der Waals surface area contributed by atoms with Gasteiger partial charge in [-0.25, -0.2) is 0 Å². The highest BCUT2D eigenvalue weighted by molar-refractivity contribution is 5.71. The summed E-state index contributed by atoms with van der Waals surface area (Å²) in [7, 11) is 0. The van der Waals surface area contributed by atoms with Crippen molar-refractivity contribution in [1.29, 1.82) is 5.26 Å². The van der Waals surface area contributed by atoms with Gasteiger partial charge in [0.2, 0.25) is 0 Å². The average Bonchev–Trinajstić information content (AvgIpc) is 3.06. The fourth-order valence-corrected chi connectivity index (χ4v) is 1.61. The first-order chi connectivity index (χ1) is 8.38. The van der Waals surface area contributed by atoms with Crippen LogP contribution in [0.15, 0.2) is 0 Å². The quantitative estimate of drug-likeness (QED) is 0.685. The molecule has 1 rings (SSSR count). The van der Waals surface area contributed by atoms with E-state index in [1.54, 1.807) is 6.92 Å². The number of esters is 1. The number of halogens is 3. The Balaban J connectivity index is 2.58. The zero-order valence-corrected chi connectivity index (χ0v) is 10.0. The second-order valence-electron chi connectivity index (χ2n) is 4.19. The van der Waals surface area contributed by atoms with Crippen LogP contribution in [-0.4, -0.2) is 42.8 Å². The molecule has 0 amide bonds. The highest BCUT2D eigenvalue weighted by Crippen LogP contribution is 2.31. The molecule has 0 N–H and O–H groups in total. The number of carbonyl (C=O) groups excluding carboxylic acids is 1. The van der Waals surface area contributed by atoms with Crippen molar-refractivity contribution >= 4 is 5.97 Å². The first kappa shape index (κ1) is 14.8. The van der Waals surface area contributed by atoms with Gasteiger partial charge in [0.05, 0.1) is 19.2 Å².